The van der Waals surface area contributed by atoms with Gasteiger partial charge in [-0.2, -0.15) is 0 Å². The Morgan fingerprint density at radius 1 is 1.06 bits per heavy atom. The third-order valence-corrected chi connectivity index (χ3v) is 2.79. The van der Waals surface area contributed by atoms with E-state index in [1.54, 1.807) is 6.07 Å². The van der Waals surface area contributed by atoms with E-state index in [4.69, 9.17) is 0 Å². The van der Waals surface area contributed by atoms with Gasteiger partial charge in [-0.1, -0.05) is 18.2 Å². The van der Waals surface area contributed by atoms with E-state index in [1.807, 2.05) is 17.5 Å². The molecule has 16 heavy (non-hydrogen) atoms. The molecule has 0 atom stereocenters. The predicted molar refractivity (Wildman–Crippen MR) is 56.4 cm³/mol. The number of halogens is 3. The Kier molecular flexibility index (Phi) is 2.87. The van der Waals surface area contributed by atoms with Crippen LogP contribution in [-0.2, 0) is 0 Å². The molecule has 5 heteroatoms. The highest BCUT2D eigenvalue weighted by Gasteiger charge is 2.31. The summed E-state index contributed by atoms with van der Waals surface area (Å²) in [6.45, 7) is 0. The molecule has 0 saturated carbocycles. The zero-order valence-electron chi connectivity index (χ0n) is 7.99. The summed E-state index contributed by atoms with van der Waals surface area (Å²) in [5.74, 6) is -0.196. The zero-order valence-corrected chi connectivity index (χ0v) is 8.81. The number of rotatable bonds is 2. The van der Waals surface area contributed by atoms with E-state index in [0.717, 1.165) is 10.4 Å². The van der Waals surface area contributed by atoms with Crippen molar-refractivity contribution in [3.8, 4) is 16.2 Å². The third kappa shape index (κ3) is 2.76. The summed E-state index contributed by atoms with van der Waals surface area (Å²) in [7, 11) is 0. The Morgan fingerprint density at radius 2 is 1.88 bits per heavy atom. The molecule has 0 radical (unpaired) electrons. The summed E-state index contributed by atoms with van der Waals surface area (Å²) >= 11 is 1.47. The maximum Gasteiger partial charge on any atom is 0.573 e. The van der Waals surface area contributed by atoms with Gasteiger partial charge in [0.2, 0.25) is 0 Å². The van der Waals surface area contributed by atoms with E-state index in [0.29, 0.717) is 0 Å². The molecule has 1 aromatic carbocycles. The van der Waals surface area contributed by atoms with E-state index in [-0.39, 0.29) is 5.75 Å². The number of hydrogen-bond acceptors (Lipinski definition) is 2. The van der Waals surface area contributed by atoms with E-state index in [9.17, 15) is 13.2 Å². The van der Waals surface area contributed by atoms with Gasteiger partial charge in [0.1, 0.15) is 5.75 Å². The average Bonchev–Trinajstić information content (AvgIpc) is 2.68. The maximum absolute atomic E-state index is 12.0. The first-order valence-electron chi connectivity index (χ1n) is 4.44. The van der Waals surface area contributed by atoms with Crippen LogP contribution >= 0.6 is 11.3 Å². The van der Waals surface area contributed by atoms with Gasteiger partial charge >= 0.3 is 6.36 Å². The molecule has 1 heterocycles. The topological polar surface area (TPSA) is 9.23 Å². The second kappa shape index (κ2) is 4.17. The Morgan fingerprint density at radius 3 is 2.50 bits per heavy atom. The molecule has 0 unspecified atom stereocenters. The molecule has 0 amide bonds. The van der Waals surface area contributed by atoms with Gasteiger partial charge in [0.25, 0.3) is 0 Å². The lowest BCUT2D eigenvalue weighted by atomic mass is 10.2. The van der Waals surface area contributed by atoms with Gasteiger partial charge in [-0.05, 0) is 29.1 Å². The molecule has 84 valence electrons. The van der Waals surface area contributed by atoms with Crippen LogP contribution < -0.4 is 4.74 Å². The maximum atomic E-state index is 12.0. The molecule has 0 aliphatic rings. The van der Waals surface area contributed by atoms with Crippen molar-refractivity contribution >= 4 is 11.3 Å². The standard InChI is InChI=1S/C11H7F3OS/c12-11(13,14)15-9-4-1-3-8(7-9)10-5-2-6-16-10/h1-7H. The van der Waals surface area contributed by atoms with Crippen molar-refractivity contribution < 1.29 is 17.9 Å². The van der Waals surface area contributed by atoms with Crippen LogP contribution in [0.1, 0.15) is 0 Å². The SMILES string of the molecule is FC(F)(F)Oc1cccc(-c2cccs2)c1. The summed E-state index contributed by atoms with van der Waals surface area (Å²) in [4.78, 5) is 0.910. The van der Waals surface area contributed by atoms with Crippen LogP contribution in [0.3, 0.4) is 0 Å². The van der Waals surface area contributed by atoms with Gasteiger partial charge in [-0.3, -0.25) is 0 Å². The lowest BCUT2D eigenvalue weighted by Crippen LogP contribution is -2.17. The second-order valence-corrected chi connectivity index (χ2v) is 4.00. The van der Waals surface area contributed by atoms with Gasteiger partial charge in [0.15, 0.2) is 0 Å². The largest absolute Gasteiger partial charge is 0.573 e. The molecule has 0 fully saturated rings. The zero-order chi connectivity index (χ0) is 11.6. The lowest BCUT2D eigenvalue weighted by molar-refractivity contribution is -0.274. The van der Waals surface area contributed by atoms with Crippen molar-refractivity contribution in [2.24, 2.45) is 0 Å². The fourth-order valence-electron chi connectivity index (χ4n) is 1.29. The van der Waals surface area contributed by atoms with Gasteiger partial charge < -0.3 is 4.74 Å². The molecular weight excluding hydrogens is 237 g/mol. The third-order valence-electron chi connectivity index (χ3n) is 1.87. The van der Waals surface area contributed by atoms with E-state index in [2.05, 4.69) is 4.74 Å². The number of alkyl halides is 3. The molecule has 2 aromatic rings. The normalized spacial score (nSPS) is 11.4. The predicted octanol–water partition coefficient (Wildman–Crippen LogP) is 4.31. The number of hydrogen-bond donors (Lipinski definition) is 0. The van der Waals surface area contributed by atoms with Crippen molar-refractivity contribution in [1.82, 2.24) is 0 Å². The molecule has 0 saturated heterocycles. The van der Waals surface area contributed by atoms with Crippen LogP contribution in [0.4, 0.5) is 13.2 Å². The van der Waals surface area contributed by atoms with Gasteiger partial charge in [0.05, 0.1) is 0 Å². The molecule has 2 rings (SSSR count). The molecule has 1 aromatic heterocycles. The summed E-state index contributed by atoms with van der Waals surface area (Å²) in [5, 5.41) is 1.87. The van der Waals surface area contributed by atoms with Crippen LogP contribution in [0.2, 0.25) is 0 Å². The van der Waals surface area contributed by atoms with Gasteiger partial charge in [0, 0.05) is 4.88 Å². The fourth-order valence-corrected chi connectivity index (χ4v) is 2.01. The minimum Gasteiger partial charge on any atom is -0.406 e. The van der Waals surface area contributed by atoms with Crippen LogP contribution in [0.15, 0.2) is 41.8 Å². The molecule has 0 bridgehead atoms. The molecule has 0 aliphatic heterocycles. The Balaban J connectivity index is 2.27. The number of thiophene rings is 1. The van der Waals surface area contributed by atoms with Crippen molar-refractivity contribution in [1.29, 1.82) is 0 Å². The summed E-state index contributed by atoms with van der Waals surface area (Å²) in [5.41, 5.74) is 0.719. The minimum atomic E-state index is -4.64. The highest BCUT2D eigenvalue weighted by atomic mass is 32.1. The molecule has 0 N–H and O–H groups in total. The smallest absolute Gasteiger partial charge is 0.406 e. The average molecular weight is 244 g/mol. The Bertz CT molecular complexity index is 462. The van der Waals surface area contributed by atoms with Crippen LogP contribution in [0.25, 0.3) is 10.4 Å². The number of ether oxygens (including phenoxy) is 1. The van der Waals surface area contributed by atoms with Crippen molar-refractivity contribution in [3.05, 3.63) is 41.8 Å². The monoisotopic (exact) mass is 244 g/mol. The van der Waals surface area contributed by atoms with Crippen LogP contribution in [-0.4, -0.2) is 6.36 Å². The highest BCUT2D eigenvalue weighted by molar-refractivity contribution is 7.13. The summed E-state index contributed by atoms with van der Waals surface area (Å²) < 4.78 is 39.8. The second-order valence-electron chi connectivity index (χ2n) is 3.05. The van der Waals surface area contributed by atoms with Crippen molar-refractivity contribution in [2.75, 3.05) is 0 Å². The highest BCUT2D eigenvalue weighted by Crippen LogP contribution is 2.30. The van der Waals surface area contributed by atoms with Gasteiger partial charge in [-0.25, -0.2) is 0 Å². The molecule has 0 aliphatic carbocycles. The van der Waals surface area contributed by atoms with E-state index < -0.39 is 6.36 Å². The Hall–Kier alpha value is -1.49. The number of benzene rings is 1. The molecular formula is C11H7F3OS. The van der Waals surface area contributed by atoms with E-state index >= 15 is 0 Å². The quantitative estimate of drug-likeness (QED) is 0.764. The summed E-state index contributed by atoms with van der Waals surface area (Å²) in [6.07, 6.45) is -4.64. The van der Waals surface area contributed by atoms with Gasteiger partial charge in [-0.15, -0.1) is 24.5 Å². The van der Waals surface area contributed by atoms with Crippen LogP contribution in [0, 0.1) is 0 Å². The Labute approximate surface area is 94.1 Å². The van der Waals surface area contributed by atoms with Crippen LogP contribution in [0.5, 0.6) is 5.75 Å². The first-order chi connectivity index (χ1) is 7.54. The summed E-state index contributed by atoms with van der Waals surface area (Å²) in [6, 6.07) is 9.63. The lowest BCUT2D eigenvalue weighted by Gasteiger charge is -2.09. The minimum absolute atomic E-state index is 0.196. The van der Waals surface area contributed by atoms with Crippen molar-refractivity contribution in [3.63, 3.8) is 0 Å². The fraction of sp³-hybridized carbons (Fsp3) is 0.0909. The van der Waals surface area contributed by atoms with Crippen molar-refractivity contribution in [2.45, 2.75) is 6.36 Å². The van der Waals surface area contributed by atoms with E-state index in [1.165, 1.54) is 29.5 Å². The first-order valence-corrected chi connectivity index (χ1v) is 5.32. The molecule has 0 spiro atoms. The first kappa shape index (κ1) is 11.0. The molecule has 1 nitrogen and oxygen atoms in total.